The van der Waals surface area contributed by atoms with Crippen molar-refractivity contribution in [3.05, 3.63) is 40.5 Å². The van der Waals surface area contributed by atoms with Gasteiger partial charge in [0.05, 0.1) is 11.3 Å². The number of aromatic nitrogens is 1. The SMILES string of the molecule is CC1NNC(C)C1c1c(C#N)c(N)nc2c1Cc1c(O)cccc1-2. The molecule has 24 heavy (non-hydrogen) atoms. The summed E-state index contributed by atoms with van der Waals surface area (Å²) in [5.41, 5.74) is 17.6. The predicted molar refractivity (Wildman–Crippen MR) is 91.2 cm³/mol. The van der Waals surface area contributed by atoms with Gasteiger partial charge in [-0.1, -0.05) is 12.1 Å². The molecule has 2 atom stereocenters. The fourth-order valence-corrected chi connectivity index (χ4v) is 4.08. The van der Waals surface area contributed by atoms with Gasteiger partial charge in [0.2, 0.25) is 0 Å². The maximum absolute atomic E-state index is 10.2. The monoisotopic (exact) mass is 321 g/mol. The zero-order valence-electron chi connectivity index (χ0n) is 13.6. The van der Waals surface area contributed by atoms with Crippen molar-refractivity contribution in [1.82, 2.24) is 15.8 Å². The summed E-state index contributed by atoms with van der Waals surface area (Å²) in [4.78, 5) is 4.49. The Balaban J connectivity index is 2.01. The van der Waals surface area contributed by atoms with Gasteiger partial charge in [-0.3, -0.25) is 10.9 Å². The van der Waals surface area contributed by atoms with Crippen LogP contribution in [-0.4, -0.2) is 22.2 Å². The summed E-state index contributed by atoms with van der Waals surface area (Å²) in [6, 6.07) is 8.01. The predicted octanol–water partition coefficient (Wildman–Crippen LogP) is 1.78. The van der Waals surface area contributed by atoms with Crippen molar-refractivity contribution in [2.45, 2.75) is 38.3 Å². The Labute approximate surface area is 140 Å². The van der Waals surface area contributed by atoms with Crippen molar-refractivity contribution in [3.8, 4) is 23.1 Å². The van der Waals surface area contributed by atoms with E-state index in [0.717, 1.165) is 27.9 Å². The van der Waals surface area contributed by atoms with E-state index in [1.807, 2.05) is 12.1 Å². The Hall–Kier alpha value is -2.62. The fraction of sp³-hybridized carbons (Fsp3) is 0.333. The quantitative estimate of drug-likeness (QED) is 0.544. The van der Waals surface area contributed by atoms with Gasteiger partial charge in [0.15, 0.2) is 0 Å². The number of nitriles is 1. The molecule has 0 bridgehead atoms. The highest BCUT2D eigenvalue weighted by molar-refractivity contribution is 5.80. The smallest absolute Gasteiger partial charge is 0.142 e. The van der Waals surface area contributed by atoms with E-state index in [0.29, 0.717) is 12.0 Å². The van der Waals surface area contributed by atoms with E-state index < -0.39 is 0 Å². The number of nitrogens with two attached hydrogens (primary N) is 1. The molecule has 2 aromatic rings. The summed E-state index contributed by atoms with van der Waals surface area (Å²) in [5, 5.41) is 19.9. The second-order valence-electron chi connectivity index (χ2n) is 6.60. The first-order valence-electron chi connectivity index (χ1n) is 8.07. The average Bonchev–Trinajstić information content (AvgIpc) is 3.08. The largest absolute Gasteiger partial charge is 0.508 e. The number of aromatic hydroxyl groups is 1. The van der Waals surface area contributed by atoms with Crippen LogP contribution in [0.15, 0.2) is 18.2 Å². The number of rotatable bonds is 1. The molecule has 1 aliphatic heterocycles. The maximum Gasteiger partial charge on any atom is 0.142 e. The summed E-state index contributed by atoms with van der Waals surface area (Å²) < 4.78 is 0. The van der Waals surface area contributed by atoms with Crippen LogP contribution in [0.3, 0.4) is 0 Å². The lowest BCUT2D eigenvalue weighted by Crippen LogP contribution is -2.30. The molecule has 0 saturated carbocycles. The molecule has 6 heteroatoms. The van der Waals surface area contributed by atoms with E-state index >= 15 is 0 Å². The van der Waals surface area contributed by atoms with E-state index in [4.69, 9.17) is 5.73 Å². The number of anilines is 1. The molecule has 2 unspecified atom stereocenters. The van der Waals surface area contributed by atoms with Crippen LogP contribution in [0.1, 0.15) is 42.0 Å². The van der Waals surface area contributed by atoms with E-state index in [9.17, 15) is 10.4 Å². The van der Waals surface area contributed by atoms with Gasteiger partial charge in [-0.2, -0.15) is 5.26 Å². The number of fused-ring (bicyclic) bond motifs is 3. The highest BCUT2D eigenvalue weighted by Gasteiger charge is 2.38. The number of nitrogens with one attached hydrogen (secondary N) is 2. The van der Waals surface area contributed by atoms with Gasteiger partial charge in [-0.15, -0.1) is 0 Å². The minimum Gasteiger partial charge on any atom is -0.508 e. The topological polar surface area (TPSA) is 107 Å². The molecule has 1 aromatic heterocycles. The van der Waals surface area contributed by atoms with Gasteiger partial charge < -0.3 is 10.8 Å². The van der Waals surface area contributed by atoms with Gasteiger partial charge >= 0.3 is 0 Å². The number of hydrogen-bond donors (Lipinski definition) is 4. The van der Waals surface area contributed by atoms with Gasteiger partial charge in [0.1, 0.15) is 17.6 Å². The molecule has 6 nitrogen and oxygen atoms in total. The molecule has 2 heterocycles. The van der Waals surface area contributed by atoms with Gasteiger partial charge in [0, 0.05) is 35.5 Å². The molecule has 1 saturated heterocycles. The number of benzene rings is 1. The molecule has 4 rings (SSSR count). The summed E-state index contributed by atoms with van der Waals surface area (Å²) in [7, 11) is 0. The second-order valence-corrected chi connectivity index (χ2v) is 6.60. The lowest BCUT2D eigenvalue weighted by molar-refractivity contribution is 0.470. The summed E-state index contributed by atoms with van der Waals surface area (Å²) in [6.07, 6.45) is 0.574. The summed E-state index contributed by atoms with van der Waals surface area (Å²) in [5.74, 6) is 0.626. The van der Waals surface area contributed by atoms with Crippen LogP contribution in [0.25, 0.3) is 11.3 Å². The Morgan fingerprint density at radius 1 is 1.25 bits per heavy atom. The molecule has 1 fully saturated rings. The molecule has 1 aromatic carbocycles. The molecular weight excluding hydrogens is 302 g/mol. The summed E-state index contributed by atoms with van der Waals surface area (Å²) >= 11 is 0. The minimum absolute atomic E-state index is 0.107. The number of nitrogens with zero attached hydrogens (tertiary/aromatic N) is 2. The molecule has 5 N–H and O–H groups in total. The van der Waals surface area contributed by atoms with Gasteiger partial charge in [0.25, 0.3) is 0 Å². The molecule has 1 aliphatic carbocycles. The first kappa shape index (κ1) is 14.9. The van der Waals surface area contributed by atoms with Crippen LogP contribution < -0.4 is 16.6 Å². The zero-order chi connectivity index (χ0) is 17.0. The minimum atomic E-state index is 0.107. The Kier molecular flexibility index (Phi) is 3.23. The number of nitrogen functional groups attached to an aromatic ring is 1. The highest BCUT2D eigenvalue weighted by Crippen LogP contribution is 2.46. The van der Waals surface area contributed by atoms with E-state index in [1.165, 1.54) is 0 Å². The third-order valence-corrected chi connectivity index (χ3v) is 5.19. The maximum atomic E-state index is 10.2. The Morgan fingerprint density at radius 2 is 1.96 bits per heavy atom. The van der Waals surface area contributed by atoms with Gasteiger partial charge in [-0.25, -0.2) is 4.98 Å². The van der Waals surface area contributed by atoms with Crippen molar-refractivity contribution in [2.24, 2.45) is 0 Å². The molecular formula is C18H19N5O. The van der Waals surface area contributed by atoms with Crippen molar-refractivity contribution in [1.29, 1.82) is 5.26 Å². The Bertz CT molecular complexity index is 876. The van der Waals surface area contributed by atoms with E-state index in [2.05, 4.69) is 35.8 Å². The number of pyridine rings is 1. The number of phenols is 1. The molecule has 2 aliphatic rings. The lowest BCUT2D eigenvalue weighted by atomic mass is 9.82. The van der Waals surface area contributed by atoms with Crippen molar-refractivity contribution >= 4 is 5.82 Å². The molecule has 0 radical (unpaired) electrons. The van der Waals surface area contributed by atoms with E-state index in [-0.39, 0.29) is 29.6 Å². The second kappa shape index (κ2) is 5.20. The fourth-order valence-electron chi connectivity index (χ4n) is 4.08. The standard InChI is InChI=1S/C18H19N5O/c1-8-15(9(2)23-22-8)16-12-6-11-10(4-3-5-14(11)24)17(12)21-18(20)13(16)7-19/h3-5,8-9,15,22-24H,6H2,1-2H3,(H2,20,21). The number of phenolic OH excluding ortho intramolecular Hbond substituents is 1. The van der Waals surface area contributed by atoms with Crippen LogP contribution in [-0.2, 0) is 6.42 Å². The van der Waals surface area contributed by atoms with E-state index in [1.54, 1.807) is 6.07 Å². The summed E-state index contributed by atoms with van der Waals surface area (Å²) in [6.45, 7) is 4.18. The van der Waals surface area contributed by atoms with Crippen LogP contribution in [0.5, 0.6) is 5.75 Å². The van der Waals surface area contributed by atoms with Crippen molar-refractivity contribution < 1.29 is 5.11 Å². The Morgan fingerprint density at radius 3 is 2.62 bits per heavy atom. The molecule has 0 spiro atoms. The average molecular weight is 321 g/mol. The van der Waals surface area contributed by atoms with Crippen molar-refractivity contribution in [2.75, 3.05) is 5.73 Å². The highest BCUT2D eigenvalue weighted by atomic mass is 16.3. The zero-order valence-corrected chi connectivity index (χ0v) is 13.6. The first-order chi connectivity index (χ1) is 11.5. The number of hydrogen-bond acceptors (Lipinski definition) is 6. The van der Waals surface area contributed by atoms with Crippen molar-refractivity contribution in [3.63, 3.8) is 0 Å². The van der Waals surface area contributed by atoms with Crippen LogP contribution in [0, 0.1) is 11.3 Å². The third kappa shape index (κ3) is 1.92. The van der Waals surface area contributed by atoms with Gasteiger partial charge in [-0.05, 0) is 31.0 Å². The van der Waals surface area contributed by atoms with Crippen LogP contribution in [0.2, 0.25) is 0 Å². The lowest BCUT2D eigenvalue weighted by Gasteiger charge is -2.23. The normalized spacial score (nSPS) is 24.5. The third-order valence-electron chi connectivity index (χ3n) is 5.19. The first-order valence-corrected chi connectivity index (χ1v) is 8.07. The van der Waals surface area contributed by atoms with Crippen LogP contribution in [0.4, 0.5) is 5.82 Å². The molecule has 122 valence electrons. The number of hydrazine groups is 1. The molecule has 0 amide bonds. The van der Waals surface area contributed by atoms with Crippen LogP contribution >= 0.6 is 0 Å².